The highest BCUT2D eigenvalue weighted by atomic mass is 32.1. The molecule has 0 aromatic carbocycles. The molecule has 3 nitrogen and oxygen atoms in total. The molecule has 0 aliphatic heterocycles. The molecule has 78 valence electrons. The third-order valence-electron chi connectivity index (χ3n) is 2.37. The molecular formula is C11H11NO2S. The Balaban J connectivity index is 2.37. The van der Waals surface area contributed by atoms with Crippen LogP contribution in [0.25, 0.3) is 0 Å². The van der Waals surface area contributed by atoms with Crippen LogP contribution in [0.15, 0.2) is 35.8 Å². The highest BCUT2D eigenvalue weighted by molar-refractivity contribution is 7.10. The number of aromatic carboxylic acids is 1. The number of rotatable bonds is 3. The Bertz CT molecular complexity index is 459. The topological polar surface area (TPSA) is 42.2 Å². The zero-order chi connectivity index (χ0) is 10.8. The van der Waals surface area contributed by atoms with Crippen molar-refractivity contribution >= 4 is 17.3 Å². The van der Waals surface area contributed by atoms with Crippen molar-refractivity contribution in [2.75, 3.05) is 0 Å². The summed E-state index contributed by atoms with van der Waals surface area (Å²) in [7, 11) is 0. The largest absolute Gasteiger partial charge is 0.477 e. The van der Waals surface area contributed by atoms with Crippen molar-refractivity contribution < 1.29 is 9.90 Å². The SMILES string of the molecule is CC(c1cccs1)n1cccc1C(=O)O. The summed E-state index contributed by atoms with van der Waals surface area (Å²) in [5.74, 6) is -0.886. The fourth-order valence-corrected chi connectivity index (χ4v) is 2.36. The number of carboxylic acid groups (broad SMARTS) is 1. The van der Waals surface area contributed by atoms with Crippen LogP contribution >= 0.6 is 11.3 Å². The molecule has 1 N–H and O–H groups in total. The Morgan fingerprint density at radius 3 is 2.87 bits per heavy atom. The lowest BCUT2D eigenvalue weighted by Crippen LogP contribution is -2.11. The molecule has 0 saturated carbocycles. The van der Waals surface area contributed by atoms with Crippen molar-refractivity contribution in [2.24, 2.45) is 0 Å². The molecular weight excluding hydrogens is 210 g/mol. The van der Waals surface area contributed by atoms with E-state index in [1.165, 1.54) is 0 Å². The van der Waals surface area contributed by atoms with Gasteiger partial charge in [0.05, 0.1) is 6.04 Å². The monoisotopic (exact) mass is 221 g/mol. The molecule has 1 unspecified atom stereocenters. The molecule has 2 aromatic heterocycles. The lowest BCUT2D eigenvalue weighted by Gasteiger charge is -2.13. The predicted octanol–water partition coefficient (Wildman–Crippen LogP) is 2.86. The van der Waals surface area contributed by atoms with Gasteiger partial charge in [0.1, 0.15) is 5.69 Å². The quantitative estimate of drug-likeness (QED) is 0.866. The van der Waals surface area contributed by atoms with Gasteiger partial charge in [0.15, 0.2) is 0 Å². The van der Waals surface area contributed by atoms with E-state index in [0.29, 0.717) is 5.69 Å². The molecule has 2 aromatic rings. The van der Waals surface area contributed by atoms with Gasteiger partial charge in [0, 0.05) is 11.1 Å². The third-order valence-corrected chi connectivity index (χ3v) is 3.41. The van der Waals surface area contributed by atoms with Gasteiger partial charge >= 0.3 is 5.97 Å². The van der Waals surface area contributed by atoms with E-state index in [2.05, 4.69) is 0 Å². The fraction of sp³-hybridized carbons (Fsp3) is 0.182. The summed E-state index contributed by atoms with van der Waals surface area (Å²) in [6, 6.07) is 7.44. The summed E-state index contributed by atoms with van der Waals surface area (Å²) in [6.45, 7) is 2.00. The van der Waals surface area contributed by atoms with Crippen LogP contribution in [0.4, 0.5) is 0 Å². The molecule has 15 heavy (non-hydrogen) atoms. The van der Waals surface area contributed by atoms with E-state index in [-0.39, 0.29) is 6.04 Å². The fourth-order valence-electron chi connectivity index (χ4n) is 1.58. The van der Waals surface area contributed by atoms with Crippen LogP contribution in [-0.4, -0.2) is 15.6 Å². The summed E-state index contributed by atoms with van der Waals surface area (Å²) in [5.41, 5.74) is 0.330. The van der Waals surface area contributed by atoms with Gasteiger partial charge < -0.3 is 9.67 Å². The summed E-state index contributed by atoms with van der Waals surface area (Å²) in [5, 5.41) is 11.0. The number of carboxylic acids is 1. The average molecular weight is 221 g/mol. The van der Waals surface area contributed by atoms with Crippen molar-refractivity contribution in [3.63, 3.8) is 0 Å². The second-order valence-electron chi connectivity index (χ2n) is 3.30. The molecule has 0 fully saturated rings. The molecule has 2 rings (SSSR count). The zero-order valence-corrected chi connectivity index (χ0v) is 9.07. The maximum Gasteiger partial charge on any atom is 0.352 e. The number of thiophene rings is 1. The lowest BCUT2D eigenvalue weighted by atomic mass is 10.2. The number of nitrogens with zero attached hydrogens (tertiary/aromatic N) is 1. The van der Waals surface area contributed by atoms with Crippen LogP contribution in [0, 0.1) is 0 Å². The maximum atomic E-state index is 10.9. The van der Waals surface area contributed by atoms with Crippen LogP contribution in [0.3, 0.4) is 0 Å². The van der Waals surface area contributed by atoms with Crippen molar-refractivity contribution in [1.29, 1.82) is 0 Å². The number of carbonyl (C=O) groups is 1. The minimum Gasteiger partial charge on any atom is -0.477 e. The molecule has 0 aliphatic carbocycles. The van der Waals surface area contributed by atoms with E-state index in [1.54, 1.807) is 34.2 Å². The first-order chi connectivity index (χ1) is 7.20. The van der Waals surface area contributed by atoms with Gasteiger partial charge in [0.2, 0.25) is 0 Å². The first-order valence-corrected chi connectivity index (χ1v) is 5.51. The van der Waals surface area contributed by atoms with Crippen molar-refractivity contribution in [2.45, 2.75) is 13.0 Å². The minimum atomic E-state index is -0.886. The van der Waals surface area contributed by atoms with Crippen LogP contribution < -0.4 is 0 Å². The van der Waals surface area contributed by atoms with Gasteiger partial charge in [-0.05, 0) is 30.5 Å². The van der Waals surface area contributed by atoms with Gasteiger partial charge in [-0.1, -0.05) is 6.07 Å². The first-order valence-electron chi connectivity index (χ1n) is 4.63. The van der Waals surface area contributed by atoms with E-state index in [0.717, 1.165) is 4.88 Å². The Hall–Kier alpha value is -1.55. The average Bonchev–Trinajstić information content (AvgIpc) is 2.88. The molecule has 0 aliphatic rings. The maximum absolute atomic E-state index is 10.9. The Morgan fingerprint density at radius 1 is 1.47 bits per heavy atom. The summed E-state index contributed by atoms with van der Waals surface area (Å²) >= 11 is 1.64. The van der Waals surface area contributed by atoms with E-state index in [1.807, 2.05) is 24.4 Å². The summed E-state index contributed by atoms with van der Waals surface area (Å²) in [4.78, 5) is 12.1. The molecule has 0 amide bonds. The van der Waals surface area contributed by atoms with E-state index in [9.17, 15) is 4.79 Å². The molecule has 0 spiro atoms. The molecule has 2 heterocycles. The number of hydrogen-bond donors (Lipinski definition) is 1. The molecule has 4 heteroatoms. The zero-order valence-electron chi connectivity index (χ0n) is 8.25. The van der Waals surface area contributed by atoms with Crippen molar-refractivity contribution in [3.05, 3.63) is 46.4 Å². The Labute approximate surface area is 91.6 Å². The van der Waals surface area contributed by atoms with E-state index >= 15 is 0 Å². The minimum absolute atomic E-state index is 0.0751. The van der Waals surface area contributed by atoms with Gasteiger partial charge in [-0.25, -0.2) is 4.79 Å². The van der Waals surface area contributed by atoms with Crippen LogP contribution in [-0.2, 0) is 0 Å². The normalized spacial score (nSPS) is 12.6. The molecule has 0 radical (unpaired) electrons. The smallest absolute Gasteiger partial charge is 0.352 e. The van der Waals surface area contributed by atoms with Crippen LogP contribution in [0.2, 0.25) is 0 Å². The molecule has 0 saturated heterocycles. The number of hydrogen-bond acceptors (Lipinski definition) is 2. The number of aromatic nitrogens is 1. The van der Waals surface area contributed by atoms with Crippen LogP contribution in [0.1, 0.15) is 28.3 Å². The summed E-state index contributed by atoms with van der Waals surface area (Å²) in [6.07, 6.45) is 1.80. The predicted molar refractivity (Wildman–Crippen MR) is 59.5 cm³/mol. The Morgan fingerprint density at radius 2 is 2.27 bits per heavy atom. The van der Waals surface area contributed by atoms with E-state index < -0.39 is 5.97 Å². The van der Waals surface area contributed by atoms with Gasteiger partial charge in [-0.15, -0.1) is 11.3 Å². The first kappa shape index (κ1) is 9.98. The second-order valence-corrected chi connectivity index (χ2v) is 4.28. The second kappa shape index (κ2) is 3.90. The van der Waals surface area contributed by atoms with Crippen LogP contribution in [0.5, 0.6) is 0 Å². The van der Waals surface area contributed by atoms with Gasteiger partial charge in [-0.3, -0.25) is 0 Å². The van der Waals surface area contributed by atoms with E-state index in [4.69, 9.17) is 5.11 Å². The highest BCUT2D eigenvalue weighted by Crippen LogP contribution is 2.24. The molecule has 0 bridgehead atoms. The molecule has 1 atom stereocenters. The standard InChI is InChI=1S/C11H11NO2S/c1-8(10-5-3-7-15-10)12-6-2-4-9(12)11(13)14/h2-8H,1H3,(H,13,14). The van der Waals surface area contributed by atoms with Gasteiger partial charge in [0.25, 0.3) is 0 Å². The summed E-state index contributed by atoms with van der Waals surface area (Å²) < 4.78 is 1.77. The highest BCUT2D eigenvalue weighted by Gasteiger charge is 2.15. The Kier molecular flexibility index (Phi) is 2.60. The van der Waals surface area contributed by atoms with Gasteiger partial charge in [-0.2, -0.15) is 0 Å². The van der Waals surface area contributed by atoms with Crippen molar-refractivity contribution in [3.8, 4) is 0 Å². The lowest BCUT2D eigenvalue weighted by molar-refractivity contribution is 0.0684. The third kappa shape index (κ3) is 1.80. The van der Waals surface area contributed by atoms with Crippen molar-refractivity contribution in [1.82, 2.24) is 4.57 Å².